The Kier molecular flexibility index (Phi) is 7.98. The molecule has 26 heavy (non-hydrogen) atoms. The monoisotopic (exact) mass is 375 g/mol. The third-order valence-electron chi connectivity index (χ3n) is 4.01. The minimum atomic E-state index is -0.226. The van der Waals surface area contributed by atoms with Crippen molar-refractivity contribution in [3.63, 3.8) is 0 Å². The summed E-state index contributed by atoms with van der Waals surface area (Å²) >= 11 is 1.42. The molecular weight excluding hydrogens is 349 g/mol. The molecule has 0 aromatic heterocycles. The number of carbonyl (C=O) groups is 1. The van der Waals surface area contributed by atoms with Gasteiger partial charge in [-0.25, -0.2) is 4.39 Å². The summed E-state index contributed by atoms with van der Waals surface area (Å²) in [6, 6.07) is 14.4. The molecule has 1 atom stereocenters. The van der Waals surface area contributed by atoms with Crippen LogP contribution in [0.4, 0.5) is 4.39 Å². The van der Waals surface area contributed by atoms with Gasteiger partial charge in [-0.1, -0.05) is 44.2 Å². The van der Waals surface area contributed by atoms with Gasteiger partial charge in [0.1, 0.15) is 11.6 Å². The minimum Gasteiger partial charge on any atom is -0.497 e. The Morgan fingerprint density at radius 2 is 1.85 bits per heavy atom. The third-order valence-corrected chi connectivity index (χ3v) is 4.99. The molecule has 3 nitrogen and oxygen atoms in total. The molecule has 1 amide bonds. The molecule has 0 spiro atoms. The first-order chi connectivity index (χ1) is 12.5. The van der Waals surface area contributed by atoms with Crippen LogP contribution < -0.4 is 10.1 Å². The number of benzene rings is 2. The van der Waals surface area contributed by atoms with Crippen molar-refractivity contribution >= 4 is 17.7 Å². The van der Waals surface area contributed by atoms with Crippen LogP contribution in [0.25, 0.3) is 0 Å². The van der Waals surface area contributed by atoms with Crippen LogP contribution in [0.3, 0.4) is 0 Å². The van der Waals surface area contributed by atoms with Crippen molar-refractivity contribution in [2.75, 3.05) is 12.9 Å². The van der Waals surface area contributed by atoms with Crippen LogP contribution in [-0.2, 0) is 10.5 Å². The van der Waals surface area contributed by atoms with Gasteiger partial charge in [-0.2, -0.15) is 0 Å². The molecule has 2 aromatic rings. The van der Waals surface area contributed by atoms with Gasteiger partial charge in [-0.15, -0.1) is 11.8 Å². The Hall–Kier alpha value is -2.01. The molecule has 0 heterocycles. The third kappa shape index (κ3) is 6.37. The molecule has 0 bridgehead atoms. The quantitative estimate of drug-likeness (QED) is 0.672. The number of nitrogens with one attached hydrogen (secondary N) is 1. The highest BCUT2D eigenvalue weighted by Gasteiger charge is 2.16. The second-order valence-electron chi connectivity index (χ2n) is 6.61. The van der Waals surface area contributed by atoms with Gasteiger partial charge in [0, 0.05) is 5.75 Å². The Morgan fingerprint density at radius 1 is 1.15 bits per heavy atom. The Labute approximate surface area is 159 Å². The first kappa shape index (κ1) is 20.3. The van der Waals surface area contributed by atoms with Crippen LogP contribution in [0.1, 0.15) is 37.4 Å². The summed E-state index contributed by atoms with van der Waals surface area (Å²) in [6.45, 7) is 4.27. The highest BCUT2D eigenvalue weighted by Crippen LogP contribution is 2.24. The maximum Gasteiger partial charge on any atom is 0.230 e. The van der Waals surface area contributed by atoms with Crippen LogP contribution >= 0.6 is 11.8 Å². The topological polar surface area (TPSA) is 38.3 Å². The average molecular weight is 376 g/mol. The van der Waals surface area contributed by atoms with E-state index in [0.717, 1.165) is 17.7 Å². The predicted molar refractivity (Wildman–Crippen MR) is 106 cm³/mol. The highest BCUT2D eigenvalue weighted by molar-refractivity contribution is 7.99. The molecule has 0 aliphatic heterocycles. The number of thioether (sulfide) groups is 1. The van der Waals surface area contributed by atoms with E-state index >= 15 is 0 Å². The summed E-state index contributed by atoms with van der Waals surface area (Å²) in [5.41, 5.74) is 1.69. The van der Waals surface area contributed by atoms with E-state index in [9.17, 15) is 9.18 Å². The summed E-state index contributed by atoms with van der Waals surface area (Å²) in [5.74, 6) is 1.78. The fourth-order valence-electron chi connectivity index (χ4n) is 2.69. The minimum absolute atomic E-state index is 0.0344. The van der Waals surface area contributed by atoms with E-state index in [1.54, 1.807) is 25.3 Å². The van der Waals surface area contributed by atoms with E-state index in [-0.39, 0.29) is 17.8 Å². The molecule has 0 saturated carbocycles. The Balaban J connectivity index is 1.92. The standard InChI is InChI=1S/C21H26FNO2S/c1-15(2)12-20(16-8-10-18(25-3)11-9-16)23-21(24)14-26-13-17-6-4-5-7-19(17)22/h4-11,15,20H,12-14H2,1-3H3,(H,23,24)/t20-/m0/s1. The summed E-state index contributed by atoms with van der Waals surface area (Å²) < 4.78 is 18.8. The molecule has 1 N–H and O–H groups in total. The first-order valence-electron chi connectivity index (χ1n) is 8.74. The lowest BCUT2D eigenvalue weighted by molar-refractivity contribution is -0.119. The fourth-order valence-corrected chi connectivity index (χ4v) is 3.52. The lowest BCUT2D eigenvalue weighted by atomic mass is 9.97. The van der Waals surface area contributed by atoms with Crippen LogP contribution in [0.2, 0.25) is 0 Å². The van der Waals surface area contributed by atoms with Crippen molar-refractivity contribution in [1.29, 1.82) is 0 Å². The lowest BCUT2D eigenvalue weighted by Gasteiger charge is -2.21. The summed E-state index contributed by atoms with van der Waals surface area (Å²) in [4.78, 5) is 12.4. The Morgan fingerprint density at radius 3 is 2.46 bits per heavy atom. The SMILES string of the molecule is COc1ccc([C@H](CC(C)C)NC(=O)CSCc2ccccc2F)cc1. The van der Waals surface area contributed by atoms with Gasteiger partial charge in [-0.3, -0.25) is 4.79 Å². The predicted octanol–water partition coefficient (Wildman–Crippen LogP) is 4.97. The van der Waals surface area contributed by atoms with E-state index < -0.39 is 0 Å². The van der Waals surface area contributed by atoms with Gasteiger partial charge in [-0.05, 0) is 41.7 Å². The highest BCUT2D eigenvalue weighted by atomic mass is 32.2. The van der Waals surface area contributed by atoms with Crippen molar-refractivity contribution < 1.29 is 13.9 Å². The number of amides is 1. The van der Waals surface area contributed by atoms with Gasteiger partial charge >= 0.3 is 0 Å². The van der Waals surface area contributed by atoms with Gasteiger partial charge in [0.05, 0.1) is 18.9 Å². The van der Waals surface area contributed by atoms with E-state index in [1.807, 2.05) is 24.3 Å². The van der Waals surface area contributed by atoms with Crippen molar-refractivity contribution in [3.8, 4) is 5.75 Å². The van der Waals surface area contributed by atoms with Gasteiger partial charge in [0.2, 0.25) is 5.91 Å². The number of halogens is 1. The first-order valence-corrected chi connectivity index (χ1v) is 9.89. The maximum absolute atomic E-state index is 13.6. The summed E-state index contributed by atoms with van der Waals surface area (Å²) in [6.07, 6.45) is 0.857. The lowest BCUT2D eigenvalue weighted by Crippen LogP contribution is -2.30. The van der Waals surface area contributed by atoms with E-state index in [0.29, 0.717) is 23.0 Å². The van der Waals surface area contributed by atoms with Crippen LogP contribution in [0.5, 0.6) is 5.75 Å². The zero-order chi connectivity index (χ0) is 18.9. The number of rotatable bonds is 9. The fraction of sp³-hybridized carbons (Fsp3) is 0.381. The van der Waals surface area contributed by atoms with Crippen LogP contribution in [-0.4, -0.2) is 18.8 Å². The maximum atomic E-state index is 13.6. The zero-order valence-corrected chi connectivity index (χ0v) is 16.3. The van der Waals surface area contributed by atoms with E-state index in [2.05, 4.69) is 19.2 Å². The van der Waals surface area contributed by atoms with E-state index in [4.69, 9.17) is 4.74 Å². The molecule has 0 aliphatic carbocycles. The Bertz CT molecular complexity index is 703. The molecule has 0 radical (unpaired) electrons. The number of carbonyl (C=O) groups excluding carboxylic acids is 1. The van der Waals surface area contributed by atoms with Gasteiger partial charge < -0.3 is 10.1 Å². The molecule has 2 aromatic carbocycles. The molecule has 140 valence electrons. The van der Waals surface area contributed by atoms with Gasteiger partial charge in [0.15, 0.2) is 0 Å². The summed E-state index contributed by atoms with van der Waals surface area (Å²) in [7, 11) is 1.63. The largest absolute Gasteiger partial charge is 0.497 e. The van der Waals surface area contributed by atoms with Crippen LogP contribution in [0, 0.1) is 11.7 Å². The molecule has 0 unspecified atom stereocenters. The van der Waals surface area contributed by atoms with E-state index in [1.165, 1.54) is 17.8 Å². The molecule has 0 fully saturated rings. The van der Waals surface area contributed by atoms with Crippen molar-refractivity contribution in [2.45, 2.75) is 32.1 Å². The molecule has 2 rings (SSSR count). The van der Waals surface area contributed by atoms with Crippen molar-refractivity contribution in [2.24, 2.45) is 5.92 Å². The molecular formula is C21H26FNO2S. The second-order valence-corrected chi connectivity index (χ2v) is 7.59. The number of hydrogen-bond donors (Lipinski definition) is 1. The second kappa shape index (κ2) is 10.2. The van der Waals surface area contributed by atoms with Crippen molar-refractivity contribution in [1.82, 2.24) is 5.32 Å². The number of hydrogen-bond acceptors (Lipinski definition) is 3. The van der Waals surface area contributed by atoms with Crippen LogP contribution in [0.15, 0.2) is 48.5 Å². The smallest absolute Gasteiger partial charge is 0.230 e. The molecule has 0 aliphatic rings. The zero-order valence-electron chi connectivity index (χ0n) is 15.5. The molecule has 5 heteroatoms. The van der Waals surface area contributed by atoms with Crippen molar-refractivity contribution in [3.05, 3.63) is 65.5 Å². The number of ether oxygens (including phenoxy) is 1. The average Bonchev–Trinajstić information content (AvgIpc) is 2.62. The van der Waals surface area contributed by atoms with Gasteiger partial charge in [0.25, 0.3) is 0 Å². The summed E-state index contributed by atoms with van der Waals surface area (Å²) in [5, 5.41) is 3.11. The number of methoxy groups -OCH3 is 1. The normalized spacial score (nSPS) is 12.0. The molecule has 0 saturated heterocycles.